The maximum absolute atomic E-state index is 5.94. The molecule has 6 aliphatic heterocycles. The molecule has 3 unspecified atom stereocenters. The SMILES string of the molecule is NC1=NC2=NC=NC2C([S][Bi]([S]C2=NC(N)=NC3=NC=NC32)[S]C2=NC(N)=NC3=NC=NC32)=N1. The zero-order valence-corrected chi connectivity index (χ0v) is 22.7. The second-order valence-corrected chi connectivity index (χ2v) is 32.3. The topological polar surface area (TPSA) is 226 Å². The maximum atomic E-state index is 5.94. The van der Waals surface area contributed by atoms with Gasteiger partial charge in [0.1, 0.15) is 0 Å². The first-order valence-corrected chi connectivity index (χ1v) is 24.5. The Bertz CT molecular complexity index is 1180. The van der Waals surface area contributed by atoms with E-state index in [2.05, 4.69) is 59.9 Å². The molecule has 6 rings (SSSR count). The fraction of sp³-hybridized carbons (Fsp3) is 0.200. The summed E-state index contributed by atoms with van der Waals surface area (Å²) >= 11 is -2.87. The summed E-state index contributed by atoms with van der Waals surface area (Å²) in [6, 6.07) is -1.13. The third-order valence-corrected chi connectivity index (χ3v) is 30.0. The number of rotatable bonds is 3. The van der Waals surface area contributed by atoms with Gasteiger partial charge in [0.2, 0.25) is 0 Å². The van der Waals surface area contributed by atoms with Crippen molar-refractivity contribution in [2.45, 2.75) is 18.1 Å². The monoisotopic (exact) mass is 707 g/mol. The van der Waals surface area contributed by atoms with Crippen LogP contribution in [0.1, 0.15) is 0 Å². The van der Waals surface area contributed by atoms with Crippen LogP contribution in [0.15, 0.2) is 59.9 Å². The van der Waals surface area contributed by atoms with Crippen molar-refractivity contribution in [3.05, 3.63) is 0 Å². The van der Waals surface area contributed by atoms with Gasteiger partial charge in [0, 0.05) is 0 Å². The van der Waals surface area contributed by atoms with E-state index in [9.17, 15) is 0 Å². The standard InChI is InChI=1S/3C5H5N5S.Bi/c3*6-5-9-3-2(4(11)10-5)7-1-8-3;/h3*1-2H,(H3,6,7,8,9,10,11);/q;;;+3/p-3. The van der Waals surface area contributed by atoms with Crippen LogP contribution in [0.3, 0.4) is 0 Å². The van der Waals surface area contributed by atoms with Crippen molar-refractivity contribution in [3.63, 3.8) is 0 Å². The number of fused-ring (bicyclic) bond motifs is 3. The molecule has 170 valence electrons. The Kier molecular flexibility index (Phi) is 5.70. The molecule has 0 aliphatic carbocycles. The molecule has 0 amide bonds. The molecule has 15 nitrogen and oxygen atoms in total. The molecule has 0 radical (unpaired) electrons. The molecule has 19 heteroatoms. The molecule has 0 fully saturated rings. The van der Waals surface area contributed by atoms with Crippen LogP contribution in [0.4, 0.5) is 0 Å². The molecular weight excluding hydrogens is 695 g/mol. The van der Waals surface area contributed by atoms with Crippen LogP contribution in [-0.2, 0) is 0 Å². The molecule has 3 atom stereocenters. The molecule has 0 spiro atoms. The summed E-state index contributed by atoms with van der Waals surface area (Å²) < 4.78 is 0. The van der Waals surface area contributed by atoms with E-state index in [0.717, 1.165) is 15.1 Å². The van der Waals surface area contributed by atoms with Crippen LogP contribution < -0.4 is 17.2 Å². The van der Waals surface area contributed by atoms with Crippen LogP contribution in [0.2, 0.25) is 0 Å². The van der Waals surface area contributed by atoms with Gasteiger partial charge in [-0.2, -0.15) is 0 Å². The van der Waals surface area contributed by atoms with Gasteiger partial charge in [-0.25, -0.2) is 0 Å². The van der Waals surface area contributed by atoms with Crippen molar-refractivity contribution in [1.82, 2.24) is 0 Å². The fourth-order valence-corrected chi connectivity index (χ4v) is 31.5. The van der Waals surface area contributed by atoms with Crippen molar-refractivity contribution in [2.75, 3.05) is 0 Å². The van der Waals surface area contributed by atoms with Crippen molar-refractivity contribution < 1.29 is 0 Å². The average molecular weight is 708 g/mol. The van der Waals surface area contributed by atoms with Crippen LogP contribution in [-0.4, -0.2) is 105 Å². The zero-order valence-electron chi connectivity index (χ0n) is 16.7. The molecule has 6 N–H and O–H groups in total. The summed E-state index contributed by atoms with van der Waals surface area (Å²) in [5.74, 6) is 2.00. The summed E-state index contributed by atoms with van der Waals surface area (Å²) in [4.78, 5) is 51.7. The molecule has 0 bridgehead atoms. The average Bonchev–Trinajstić information content (AvgIpc) is 3.53. The predicted molar refractivity (Wildman–Crippen MR) is 145 cm³/mol. The van der Waals surface area contributed by atoms with Crippen molar-refractivity contribution in [3.8, 4) is 0 Å². The van der Waals surface area contributed by atoms with Crippen molar-refractivity contribution in [1.29, 1.82) is 0 Å². The molecule has 0 aromatic heterocycles. The first-order chi connectivity index (χ1) is 16.5. The van der Waals surface area contributed by atoms with Gasteiger partial charge in [0.15, 0.2) is 0 Å². The Morgan fingerprint density at radius 3 is 1.18 bits per heavy atom. The van der Waals surface area contributed by atoms with Gasteiger partial charge < -0.3 is 0 Å². The van der Waals surface area contributed by atoms with Gasteiger partial charge in [-0.15, -0.1) is 0 Å². The molecule has 6 heterocycles. The normalized spacial score (nSPS) is 28.1. The molecular formula is C15H12BiN15S3. The second kappa shape index (κ2) is 8.86. The van der Waals surface area contributed by atoms with Gasteiger partial charge in [0.05, 0.1) is 0 Å². The zero-order chi connectivity index (χ0) is 23.2. The molecule has 0 saturated heterocycles. The Labute approximate surface area is 206 Å². The van der Waals surface area contributed by atoms with Crippen LogP contribution in [0, 0.1) is 0 Å². The number of amidine groups is 3. The Morgan fingerprint density at radius 1 is 0.529 bits per heavy atom. The van der Waals surface area contributed by atoms with E-state index in [0.29, 0.717) is 17.5 Å². The number of nitrogens with two attached hydrogens (primary N) is 3. The first kappa shape index (κ1) is 21.9. The van der Waals surface area contributed by atoms with E-state index < -0.39 is 17.4 Å². The van der Waals surface area contributed by atoms with Gasteiger partial charge in [-0.3, -0.25) is 0 Å². The van der Waals surface area contributed by atoms with Crippen LogP contribution in [0.25, 0.3) is 0 Å². The van der Waals surface area contributed by atoms with E-state index in [1.165, 1.54) is 19.0 Å². The molecule has 0 aromatic carbocycles. The summed E-state index contributed by atoms with van der Waals surface area (Å²) in [7, 11) is 4.86. The third-order valence-electron chi connectivity index (χ3n) is 4.52. The second-order valence-electron chi connectivity index (χ2n) is 6.72. The number of nitrogens with zero attached hydrogens (tertiary/aromatic N) is 12. The summed E-state index contributed by atoms with van der Waals surface area (Å²) in [5.41, 5.74) is 17.8. The predicted octanol–water partition coefficient (Wildman–Crippen LogP) is -1.22. The number of aliphatic imine (C=N–C) groups is 12. The summed E-state index contributed by atoms with van der Waals surface area (Å²) in [6.07, 6.45) is 4.41. The summed E-state index contributed by atoms with van der Waals surface area (Å²) in [6.45, 7) is 0. The van der Waals surface area contributed by atoms with Gasteiger partial charge in [-0.05, 0) is 0 Å². The van der Waals surface area contributed by atoms with E-state index in [4.69, 9.17) is 17.2 Å². The van der Waals surface area contributed by atoms with Crippen molar-refractivity contribution >= 4 is 112 Å². The quantitative estimate of drug-likeness (QED) is 0.305. The Hall–Kier alpha value is -2.63. The van der Waals surface area contributed by atoms with Crippen molar-refractivity contribution in [2.24, 2.45) is 77.1 Å². The third kappa shape index (κ3) is 4.16. The molecule has 0 aromatic rings. The molecule has 0 saturated carbocycles. The number of guanidine groups is 3. The molecule has 34 heavy (non-hydrogen) atoms. The van der Waals surface area contributed by atoms with E-state index >= 15 is 0 Å². The fourth-order valence-electron chi connectivity index (χ4n) is 3.13. The first-order valence-electron chi connectivity index (χ1n) is 9.44. The van der Waals surface area contributed by atoms with Gasteiger partial charge in [0.25, 0.3) is 0 Å². The van der Waals surface area contributed by atoms with E-state index in [1.54, 1.807) is 25.6 Å². The Morgan fingerprint density at radius 2 is 0.853 bits per heavy atom. The minimum atomic E-state index is -2.87. The van der Waals surface area contributed by atoms with Crippen LogP contribution >= 0.6 is 25.6 Å². The number of hydrogen-bond donors (Lipinski definition) is 3. The number of hydrogen-bond acceptors (Lipinski definition) is 18. The van der Waals surface area contributed by atoms with E-state index in [-0.39, 0.29) is 36.0 Å². The van der Waals surface area contributed by atoms with Gasteiger partial charge in [-0.1, -0.05) is 0 Å². The minimum absolute atomic E-state index is 0.143. The summed E-state index contributed by atoms with van der Waals surface area (Å²) in [5, 5.41) is 2.17. The van der Waals surface area contributed by atoms with Gasteiger partial charge >= 0.3 is 208 Å². The Balaban J connectivity index is 1.32. The molecule has 6 aliphatic rings. The van der Waals surface area contributed by atoms with E-state index in [1.807, 2.05) is 0 Å². The van der Waals surface area contributed by atoms with Crippen LogP contribution in [0.5, 0.6) is 0 Å².